The van der Waals surface area contributed by atoms with Gasteiger partial charge in [0, 0.05) is 11.1 Å². The largest absolute Gasteiger partial charge is 0.248 e. The molecule has 0 N–H and O–H groups in total. The molecule has 2 bridgehead atoms. The summed E-state index contributed by atoms with van der Waals surface area (Å²) in [5, 5.41) is 10.1. The molecule has 4 aromatic rings. The third kappa shape index (κ3) is 4.72. The van der Waals surface area contributed by atoms with E-state index in [9.17, 15) is 5.26 Å². The van der Waals surface area contributed by atoms with Crippen LogP contribution in [0.15, 0.2) is 91.0 Å². The molecule has 1 aromatic heterocycles. The first-order valence-corrected chi connectivity index (χ1v) is 13.7. The molecule has 2 saturated carbocycles. The molecule has 0 saturated heterocycles. The van der Waals surface area contributed by atoms with Crippen molar-refractivity contribution < 1.29 is 0 Å². The molecule has 1 heterocycles. The molecular weight excluding hydrogens is 448 g/mol. The summed E-state index contributed by atoms with van der Waals surface area (Å²) in [6.07, 6.45) is 6.38. The molecule has 2 nitrogen and oxygen atoms in total. The molecule has 2 fully saturated rings. The van der Waals surface area contributed by atoms with Gasteiger partial charge >= 0.3 is 0 Å². The SMILES string of the molecule is C[C@@H]1C[C@@H]2C[C@H](C)CC(c3cc(C#N)cc(-c4cc(-c5ccccc5)cc(-c5ccccc5)n4)c3)(C1)C2. The van der Waals surface area contributed by atoms with Crippen molar-refractivity contribution in [3.63, 3.8) is 0 Å². The van der Waals surface area contributed by atoms with Gasteiger partial charge in [0.25, 0.3) is 0 Å². The topological polar surface area (TPSA) is 36.7 Å². The summed E-state index contributed by atoms with van der Waals surface area (Å²) in [6.45, 7) is 4.84. The zero-order valence-corrected chi connectivity index (χ0v) is 21.8. The fraction of sp³-hybridized carbons (Fsp3) is 0.314. The Kier molecular flexibility index (Phi) is 6.17. The van der Waals surface area contributed by atoms with Crippen LogP contribution in [0.1, 0.15) is 57.1 Å². The minimum absolute atomic E-state index is 0.168. The third-order valence-corrected chi connectivity index (χ3v) is 8.60. The molecule has 1 unspecified atom stereocenters. The van der Waals surface area contributed by atoms with Gasteiger partial charge in [-0.25, -0.2) is 4.98 Å². The lowest BCUT2D eigenvalue weighted by molar-refractivity contribution is 0.0780. The molecule has 2 heteroatoms. The van der Waals surface area contributed by atoms with Crippen LogP contribution in [0.2, 0.25) is 0 Å². The van der Waals surface area contributed by atoms with E-state index >= 15 is 0 Å². The van der Waals surface area contributed by atoms with Crippen LogP contribution in [0.3, 0.4) is 0 Å². The minimum atomic E-state index is 0.168. The van der Waals surface area contributed by atoms with E-state index in [1.54, 1.807) is 0 Å². The van der Waals surface area contributed by atoms with E-state index in [0.29, 0.717) is 0 Å². The van der Waals surface area contributed by atoms with Crippen molar-refractivity contribution in [1.29, 1.82) is 5.26 Å². The summed E-state index contributed by atoms with van der Waals surface area (Å²) in [7, 11) is 0. The smallest absolute Gasteiger partial charge is 0.0991 e. The standard InChI is InChI=1S/C35H34N2/c1-24-13-26-14-25(2)21-35(20-24,22-26)32-16-27(23-36)15-31(17-32)34-19-30(28-9-5-3-6-10-28)18-33(37-34)29-11-7-4-8-12-29/h3-12,15-19,24-26H,13-14,20-22H2,1-2H3/t24-,25+,26-,35?. The number of hydrogen-bond acceptors (Lipinski definition) is 2. The lowest BCUT2D eigenvalue weighted by atomic mass is 9.54. The Morgan fingerprint density at radius 2 is 1.27 bits per heavy atom. The number of fused-ring (bicyclic) bond motifs is 2. The van der Waals surface area contributed by atoms with Crippen molar-refractivity contribution in [3.05, 3.63) is 102 Å². The Labute approximate surface area is 221 Å². The van der Waals surface area contributed by atoms with Gasteiger partial charge < -0.3 is 0 Å². The fourth-order valence-electron chi connectivity index (χ4n) is 7.44. The van der Waals surface area contributed by atoms with Crippen molar-refractivity contribution in [2.45, 2.75) is 51.4 Å². The predicted molar refractivity (Wildman–Crippen MR) is 152 cm³/mol. The summed E-state index contributed by atoms with van der Waals surface area (Å²) >= 11 is 0. The van der Waals surface area contributed by atoms with E-state index in [1.807, 2.05) is 12.1 Å². The highest BCUT2D eigenvalue weighted by Crippen LogP contribution is 2.54. The molecule has 0 amide bonds. The zero-order chi connectivity index (χ0) is 25.4. The Balaban J connectivity index is 1.52. The summed E-state index contributed by atoms with van der Waals surface area (Å²) in [5.74, 6) is 2.25. The van der Waals surface area contributed by atoms with Crippen LogP contribution in [0.25, 0.3) is 33.6 Å². The van der Waals surface area contributed by atoms with Gasteiger partial charge in [-0.15, -0.1) is 0 Å². The highest BCUT2D eigenvalue weighted by atomic mass is 14.7. The highest BCUT2D eigenvalue weighted by Gasteiger charge is 2.45. The number of aromatic nitrogens is 1. The highest BCUT2D eigenvalue weighted by molar-refractivity contribution is 5.77. The molecule has 184 valence electrons. The molecule has 4 atom stereocenters. The number of nitrogens with zero attached hydrogens (tertiary/aromatic N) is 2. The average molecular weight is 483 g/mol. The van der Waals surface area contributed by atoms with Gasteiger partial charge in [-0.05, 0) is 102 Å². The Morgan fingerprint density at radius 3 is 1.89 bits per heavy atom. The molecule has 0 radical (unpaired) electrons. The Bertz CT molecular complexity index is 1370. The number of pyridine rings is 1. The second-order valence-corrected chi connectivity index (χ2v) is 11.7. The lowest BCUT2D eigenvalue weighted by Gasteiger charge is -2.50. The number of rotatable bonds is 4. The maximum Gasteiger partial charge on any atom is 0.0991 e. The predicted octanol–water partition coefficient (Wildman–Crippen LogP) is 9.06. The van der Waals surface area contributed by atoms with Crippen molar-refractivity contribution in [3.8, 4) is 39.7 Å². The van der Waals surface area contributed by atoms with Crippen LogP contribution < -0.4 is 0 Å². The van der Waals surface area contributed by atoms with E-state index in [-0.39, 0.29) is 5.41 Å². The van der Waals surface area contributed by atoms with Crippen LogP contribution in [0, 0.1) is 29.1 Å². The number of hydrogen-bond donors (Lipinski definition) is 0. The fourth-order valence-corrected chi connectivity index (χ4v) is 7.44. The van der Waals surface area contributed by atoms with Gasteiger partial charge in [0.15, 0.2) is 0 Å². The summed E-state index contributed by atoms with van der Waals surface area (Å²) < 4.78 is 0. The first-order valence-electron chi connectivity index (χ1n) is 13.7. The first kappa shape index (κ1) is 23.7. The monoisotopic (exact) mass is 482 g/mol. The molecule has 37 heavy (non-hydrogen) atoms. The van der Waals surface area contributed by atoms with Crippen LogP contribution in [-0.2, 0) is 5.41 Å². The number of nitriles is 1. The second kappa shape index (κ2) is 9.64. The average Bonchev–Trinajstić information content (AvgIpc) is 2.92. The maximum absolute atomic E-state index is 10.1. The summed E-state index contributed by atoms with van der Waals surface area (Å²) in [5.41, 5.74) is 8.60. The molecule has 2 aliphatic rings. The molecule has 2 aliphatic carbocycles. The van der Waals surface area contributed by atoms with E-state index in [0.717, 1.165) is 51.4 Å². The van der Waals surface area contributed by atoms with Gasteiger partial charge in [-0.3, -0.25) is 0 Å². The van der Waals surface area contributed by atoms with Crippen molar-refractivity contribution in [1.82, 2.24) is 4.98 Å². The van der Waals surface area contributed by atoms with E-state index in [2.05, 4.69) is 98.8 Å². The summed E-state index contributed by atoms with van der Waals surface area (Å²) in [6, 6.07) is 34.3. The normalized spacial score (nSPS) is 24.8. The summed E-state index contributed by atoms with van der Waals surface area (Å²) in [4.78, 5) is 5.16. The number of benzene rings is 3. The van der Waals surface area contributed by atoms with E-state index in [1.165, 1.54) is 43.2 Å². The van der Waals surface area contributed by atoms with Crippen LogP contribution in [-0.4, -0.2) is 4.98 Å². The zero-order valence-electron chi connectivity index (χ0n) is 21.8. The van der Waals surface area contributed by atoms with Crippen LogP contribution >= 0.6 is 0 Å². The Morgan fingerprint density at radius 1 is 0.676 bits per heavy atom. The molecule has 0 aliphatic heterocycles. The van der Waals surface area contributed by atoms with Crippen LogP contribution in [0.4, 0.5) is 0 Å². The van der Waals surface area contributed by atoms with Gasteiger partial charge in [-0.1, -0.05) is 74.5 Å². The van der Waals surface area contributed by atoms with E-state index < -0.39 is 0 Å². The molecule has 0 spiro atoms. The van der Waals surface area contributed by atoms with Crippen molar-refractivity contribution in [2.24, 2.45) is 17.8 Å². The second-order valence-electron chi connectivity index (χ2n) is 11.7. The molecular formula is C35H34N2. The van der Waals surface area contributed by atoms with Gasteiger partial charge in [-0.2, -0.15) is 5.26 Å². The van der Waals surface area contributed by atoms with Crippen molar-refractivity contribution >= 4 is 0 Å². The van der Waals surface area contributed by atoms with Gasteiger partial charge in [0.1, 0.15) is 0 Å². The third-order valence-electron chi connectivity index (χ3n) is 8.60. The molecule has 6 rings (SSSR count). The van der Waals surface area contributed by atoms with Crippen LogP contribution in [0.5, 0.6) is 0 Å². The maximum atomic E-state index is 10.1. The Hall–Kier alpha value is -3.70. The molecule has 3 aromatic carbocycles. The van der Waals surface area contributed by atoms with E-state index in [4.69, 9.17) is 4.98 Å². The van der Waals surface area contributed by atoms with Crippen molar-refractivity contribution in [2.75, 3.05) is 0 Å². The van der Waals surface area contributed by atoms with Gasteiger partial charge in [0.2, 0.25) is 0 Å². The first-order chi connectivity index (χ1) is 18.0. The van der Waals surface area contributed by atoms with Gasteiger partial charge in [0.05, 0.1) is 23.0 Å². The minimum Gasteiger partial charge on any atom is -0.248 e. The quantitative estimate of drug-likeness (QED) is 0.291. The lowest BCUT2D eigenvalue weighted by Crippen LogP contribution is -2.42.